The van der Waals surface area contributed by atoms with Gasteiger partial charge in [-0.3, -0.25) is 14.4 Å². The molecule has 0 saturated carbocycles. The average Bonchev–Trinajstić information content (AvgIpc) is 1.64. The fourth-order valence-electron chi connectivity index (χ4n) is 12.1. The minimum absolute atomic E-state index is 0. The Kier molecular flexibility index (Phi) is 33.7. The molecule has 6 aromatic carbocycles. The van der Waals surface area contributed by atoms with Gasteiger partial charge in [0.25, 0.3) is 0 Å². The van der Waals surface area contributed by atoms with Gasteiger partial charge in [-0.15, -0.1) is 139 Å². The summed E-state index contributed by atoms with van der Waals surface area (Å²) in [5.41, 5.74) is 28.2. The van der Waals surface area contributed by atoms with E-state index in [2.05, 4.69) is 249 Å². The molecule has 0 spiro atoms. The third kappa shape index (κ3) is 26.1. The Labute approximate surface area is 668 Å². The van der Waals surface area contributed by atoms with Crippen LogP contribution in [-0.2, 0) is 80.1 Å². The predicted molar refractivity (Wildman–Crippen MR) is 429 cm³/mol. The van der Waals surface area contributed by atoms with E-state index in [4.69, 9.17) is 25.3 Å². The summed E-state index contributed by atoms with van der Waals surface area (Å²) in [5, 5.41) is 28.7. The number of aliphatic hydroxyl groups excluding tert-OH is 3. The zero-order valence-electron chi connectivity index (χ0n) is 63.6. The molecule has 9 nitrogen and oxygen atoms in total. The number of benzene rings is 6. The zero-order chi connectivity index (χ0) is 74.5. The Morgan fingerprint density at radius 2 is 0.625 bits per heavy atom. The number of carbonyl (C=O) groups is 3. The van der Waals surface area contributed by atoms with Crippen LogP contribution in [0.5, 0.6) is 0 Å². The van der Waals surface area contributed by atoms with Crippen molar-refractivity contribution in [2.75, 3.05) is 0 Å². The van der Waals surface area contributed by atoms with Gasteiger partial charge in [-0.1, -0.05) is 140 Å². The molecule has 0 saturated heterocycles. The smallest absolute Gasteiger partial charge is 0.155 e. The Hall–Kier alpha value is -7.77. The molecule has 0 aliphatic carbocycles. The number of pyridine rings is 3. The Morgan fingerprint density at radius 3 is 0.894 bits per heavy atom. The SMILES string of the molecule is CC(=O)C=C(C)O.CC(=O)C=C(C)O.CC(=O)C=C(C)O.Cc1[c-]c(-c2cc3sc(-c4c(C)cc(C(C)(C)C)cc4C)cc3cn2)cc(C)c1.Cc1[c-]c(-c2cc3sc(-c4c(C)cc(C)cc4C)cc3cn2)cc(C)c1.Cc1[c-]c(-c2cc3sc(-c4cc(C)cc(C)c4)cc3cn2)cc(C)c1.[Ir].[Ir].[Ir]. The second-order valence-corrected chi connectivity index (χ2v) is 30.7. The topological polar surface area (TPSA) is 151 Å². The van der Waals surface area contributed by atoms with Crippen LogP contribution in [0.15, 0.2) is 169 Å². The zero-order valence-corrected chi connectivity index (χ0v) is 73.2. The van der Waals surface area contributed by atoms with Gasteiger partial charge in [0.05, 0.1) is 17.3 Å². The minimum Gasteiger partial charge on any atom is -0.512 e. The third-order valence-corrected chi connectivity index (χ3v) is 19.2. The second kappa shape index (κ2) is 39.5. The van der Waals surface area contributed by atoms with Crippen molar-refractivity contribution < 1.29 is 90.0 Å². The van der Waals surface area contributed by atoms with Crippen LogP contribution in [0.2, 0.25) is 0 Å². The van der Waals surface area contributed by atoms with Crippen LogP contribution in [-0.4, -0.2) is 47.6 Å². The van der Waals surface area contributed by atoms with E-state index in [1.807, 2.05) is 52.6 Å². The molecule has 15 heteroatoms. The van der Waals surface area contributed by atoms with Crippen molar-refractivity contribution in [3.05, 3.63) is 265 Å². The van der Waals surface area contributed by atoms with Gasteiger partial charge in [0.1, 0.15) is 0 Å². The first-order valence-corrected chi connectivity index (χ1v) is 36.0. The standard InChI is InChI=1S/C27H28NS.C24H22NS.C23H20NS.3C5H8O2.3Ir/c1-16-8-17(2)10-20(9-16)23-14-24-21(15-28-23)13-25(29-24)26-18(3)11-22(12-19(26)4)27(5,6)7;1-14-6-15(2)10-19(9-14)21-12-22-20(13-25-21)11-23(26-22)24-17(4)7-16(3)8-18(24)5;1-14-5-15(2)8-18(7-14)21-12-23-20(13-24-21)11-22(25-23)19-9-16(3)6-17(4)10-19;3*1-4(6)3-5(2)7;;;/h8-9,11-15H,1-7H3;6-9,11-13H,1-5H3;5-7,9-13H,1-4H3;3*3,6H,1-2H3;;;/q3*-1;;;;;;. The summed E-state index contributed by atoms with van der Waals surface area (Å²) in [4.78, 5) is 48.1. The van der Waals surface area contributed by atoms with Gasteiger partial charge in [0.2, 0.25) is 0 Å². The number of thiophene rings is 3. The van der Waals surface area contributed by atoms with Crippen molar-refractivity contribution in [1.29, 1.82) is 0 Å². The van der Waals surface area contributed by atoms with Crippen molar-refractivity contribution >= 4 is 81.6 Å². The monoisotopic (exact) mass is 1980 g/mol. The maximum Gasteiger partial charge on any atom is 0.155 e. The molecule has 549 valence electrons. The number of nitrogens with zero attached hydrogens (tertiary/aromatic N) is 3. The number of rotatable bonds is 9. The molecular formula is C89H94Ir3N3O6S3-3. The van der Waals surface area contributed by atoms with E-state index in [-0.39, 0.29) is 100 Å². The summed E-state index contributed by atoms with van der Waals surface area (Å²) < 4.78 is 3.82. The van der Waals surface area contributed by atoms with Gasteiger partial charge < -0.3 is 30.3 Å². The van der Waals surface area contributed by atoms with Crippen molar-refractivity contribution in [2.24, 2.45) is 0 Å². The minimum atomic E-state index is -0.125. The molecule has 6 heterocycles. The van der Waals surface area contributed by atoms with Gasteiger partial charge in [0.15, 0.2) is 17.3 Å². The Bertz CT molecular complexity index is 4900. The maximum atomic E-state index is 10.0. The molecule has 0 atom stereocenters. The molecule has 12 aromatic rings. The molecule has 3 radical (unpaired) electrons. The average molecular weight is 1970 g/mol. The third-order valence-electron chi connectivity index (χ3n) is 15.8. The summed E-state index contributed by atoms with van der Waals surface area (Å²) in [5.74, 6) is -0.187. The van der Waals surface area contributed by atoms with Gasteiger partial charge >= 0.3 is 0 Å². The first-order valence-electron chi connectivity index (χ1n) is 33.5. The van der Waals surface area contributed by atoms with Gasteiger partial charge in [-0.2, -0.15) is 0 Å². The molecule has 0 unspecified atom stereocenters. The largest absolute Gasteiger partial charge is 0.512 e. The number of hydrogen-bond donors (Lipinski definition) is 3. The van der Waals surface area contributed by atoms with Crippen LogP contribution < -0.4 is 0 Å². The Balaban J connectivity index is 0.000000286. The van der Waals surface area contributed by atoms with Crippen molar-refractivity contribution in [3.8, 4) is 65.1 Å². The summed E-state index contributed by atoms with van der Waals surface area (Å²) in [6, 6.07) is 52.6. The van der Waals surface area contributed by atoms with Gasteiger partial charge in [-0.25, -0.2) is 0 Å². The number of allylic oxidation sites excluding steroid dienone is 6. The molecule has 0 amide bonds. The van der Waals surface area contributed by atoms with E-state index < -0.39 is 0 Å². The van der Waals surface area contributed by atoms with E-state index >= 15 is 0 Å². The van der Waals surface area contributed by atoms with Crippen LogP contribution in [0.25, 0.3) is 95.4 Å². The van der Waals surface area contributed by atoms with Crippen LogP contribution in [0.1, 0.15) is 140 Å². The first kappa shape index (κ1) is 88.6. The number of aryl methyl sites for hydroxylation is 13. The molecule has 12 rings (SSSR count). The molecule has 3 N–H and O–H groups in total. The van der Waals surface area contributed by atoms with E-state index in [1.165, 1.54) is 183 Å². The number of fused-ring (bicyclic) bond motifs is 3. The number of aliphatic hydroxyl groups is 3. The number of ketones is 3. The summed E-state index contributed by atoms with van der Waals surface area (Å²) in [7, 11) is 0. The van der Waals surface area contributed by atoms with Gasteiger partial charge in [-0.05, 0) is 175 Å². The molecule has 104 heavy (non-hydrogen) atoms. The number of aromatic nitrogens is 3. The van der Waals surface area contributed by atoms with Crippen LogP contribution in [0.3, 0.4) is 0 Å². The van der Waals surface area contributed by atoms with E-state index in [9.17, 15) is 14.4 Å². The predicted octanol–water partition coefficient (Wildman–Crippen LogP) is 24.7. The molecule has 0 aliphatic rings. The van der Waals surface area contributed by atoms with Crippen molar-refractivity contribution in [1.82, 2.24) is 15.0 Å². The molecule has 0 bridgehead atoms. The van der Waals surface area contributed by atoms with Gasteiger partial charge in [0, 0.05) is 142 Å². The number of hydrogen-bond acceptors (Lipinski definition) is 12. The molecule has 6 aromatic heterocycles. The quantitative estimate of drug-likeness (QED) is 0.0729. The second-order valence-electron chi connectivity index (χ2n) is 27.5. The Morgan fingerprint density at radius 1 is 0.356 bits per heavy atom. The maximum absolute atomic E-state index is 10.0. The van der Waals surface area contributed by atoms with E-state index in [0.717, 1.165) is 50.5 Å². The summed E-state index contributed by atoms with van der Waals surface area (Å²) >= 11 is 5.53. The van der Waals surface area contributed by atoms with E-state index in [0.29, 0.717) is 0 Å². The van der Waals surface area contributed by atoms with Crippen LogP contribution in [0, 0.1) is 108 Å². The number of carbonyl (C=O) groups excluding carboxylic acids is 3. The first-order chi connectivity index (χ1) is 47.4. The fraction of sp³-hybridized carbons (Fsp3) is 0.258. The van der Waals surface area contributed by atoms with Crippen LogP contribution >= 0.6 is 34.0 Å². The molecule has 0 fully saturated rings. The fourth-order valence-corrected chi connectivity index (χ4v) is 15.6. The molecule has 0 aliphatic heterocycles. The molecular weight excluding hydrogens is 1880 g/mol. The van der Waals surface area contributed by atoms with Crippen molar-refractivity contribution in [3.63, 3.8) is 0 Å². The summed E-state index contributed by atoms with van der Waals surface area (Å²) in [6.45, 7) is 43.3. The normalized spacial score (nSPS) is 11.2. The van der Waals surface area contributed by atoms with Crippen molar-refractivity contribution in [2.45, 2.75) is 158 Å². The van der Waals surface area contributed by atoms with E-state index in [1.54, 1.807) is 0 Å². The van der Waals surface area contributed by atoms with Crippen LogP contribution in [0.4, 0.5) is 0 Å². The summed E-state index contributed by atoms with van der Waals surface area (Å²) in [6.07, 6.45) is 9.48.